The van der Waals surface area contributed by atoms with Gasteiger partial charge in [-0.2, -0.15) is 0 Å². The van der Waals surface area contributed by atoms with Gasteiger partial charge in [-0.15, -0.1) is 0 Å². The van der Waals surface area contributed by atoms with Gasteiger partial charge in [-0.05, 0) is 18.9 Å². The number of aromatic nitrogens is 1. The van der Waals surface area contributed by atoms with Crippen LogP contribution >= 0.6 is 0 Å². The van der Waals surface area contributed by atoms with Crippen LogP contribution in [0.25, 0.3) is 0 Å². The van der Waals surface area contributed by atoms with E-state index in [2.05, 4.69) is 43.2 Å². The number of anilines is 1. The number of unbranched alkanes of at least 4 members (excludes halogenated alkanes) is 1. The van der Waals surface area contributed by atoms with Gasteiger partial charge in [0.15, 0.2) is 0 Å². The van der Waals surface area contributed by atoms with Crippen molar-refractivity contribution in [2.45, 2.75) is 26.2 Å². The van der Waals surface area contributed by atoms with E-state index in [1.54, 1.807) is 0 Å². The van der Waals surface area contributed by atoms with Gasteiger partial charge in [0.25, 0.3) is 0 Å². The number of aryl methyl sites for hydroxylation is 1. The Bertz CT molecular complexity index is 225. The molecule has 2 heteroatoms. The van der Waals surface area contributed by atoms with Crippen LogP contribution in [0.2, 0.25) is 0 Å². The second kappa shape index (κ2) is 4.19. The van der Waals surface area contributed by atoms with Gasteiger partial charge in [0, 0.05) is 26.0 Å². The summed E-state index contributed by atoms with van der Waals surface area (Å²) in [6, 6.07) is 2.22. The number of hydrogen-bond acceptors (Lipinski definition) is 1. The van der Waals surface area contributed by atoms with E-state index < -0.39 is 0 Å². The lowest BCUT2D eigenvalue weighted by Gasteiger charge is -2.07. The Labute approximate surface area is 74.6 Å². The minimum atomic E-state index is 1.17. The molecule has 0 amide bonds. The van der Waals surface area contributed by atoms with E-state index in [0.717, 1.165) is 0 Å². The van der Waals surface area contributed by atoms with Crippen LogP contribution in [0.4, 0.5) is 5.69 Å². The predicted molar refractivity (Wildman–Crippen MR) is 53.7 cm³/mol. The summed E-state index contributed by atoms with van der Waals surface area (Å²) < 4.78 is 0. The number of rotatable bonds is 4. The van der Waals surface area contributed by atoms with Gasteiger partial charge in [-0.3, -0.25) is 0 Å². The standard InChI is InChI=1S/C10H18N2/c1-4-5-6-9-7-10(8-11-9)12(2)3/h7-8,11H,4-6H2,1-3H3. The Morgan fingerprint density at radius 2 is 2.17 bits per heavy atom. The highest BCUT2D eigenvalue weighted by atomic mass is 15.1. The zero-order valence-electron chi connectivity index (χ0n) is 8.22. The van der Waals surface area contributed by atoms with E-state index in [1.807, 2.05) is 0 Å². The molecule has 1 aromatic rings. The fourth-order valence-corrected chi connectivity index (χ4v) is 1.20. The van der Waals surface area contributed by atoms with Crippen LogP contribution in [0.3, 0.4) is 0 Å². The molecular formula is C10H18N2. The van der Waals surface area contributed by atoms with Crippen molar-refractivity contribution >= 4 is 5.69 Å². The molecule has 0 aliphatic rings. The topological polar surface area (TPSA) is 19.0 Å². The van der Waals surface area contributed by atoms with Crippen LogP contribution < -0.4 is 4.90 Å². The van der Waals surface area contributed by atoms with Crippen molar-refractivity contribution in [1.82, 2.24) is 4.98 Å². The summed E-state index contributed by atoms with van der Waals surface area (Å²) in [5.74, 6) is 0. The van der Waals surface area contributed by atoms with Crippen molar-refractivity contribution in [3.8, 4) is 0 Å². The molecule has 1 N–H and O–H groups in total. The molecule has 0 aliphatic heterocycles. The maximum absolute atomic E-state index is 3.28. The maximum Gasteiger partial charge on any atom is 0.0541 e. The summed E-state index contributed by atoms with van der Waals surface area (Å²) in [6.07, 6.45) is 5.76. The molecule has 0 aliphatic carbocycles. The first-order valence-electron chi connectivity index (χ1n) is 4.58. The molecule has 0 fully saturated rings. The smallest absolute Gasteiger partial charge is 0.0541 e. The van der Waals surface area contributed by atoms with E-state index >= 15 is 0 Å². The number of hydrogen-bond donors (Lipinski definition) is 1. The van der Waals surface area contributed by atoms with Crippen molar-refractivity contribution in [3.63, 3.8) is 0 Å². The van der Waals surface area contributed by atoms with Crippen molar-refractivity contribution in [3.05, 3.63) is 18.0 Å². The SMILES string of the molecule is CCCCc1cc(N(C)C)c[nH]1. The normalized spacial score (nSPS) is 10.2. The van der Waals surface area contributed by atoms with E-state index in [-0.39, 0.29) is 0 Å². The molecule has 68 valence electrons. The highest BCUT2D eigenvalue weighted by Crippen LogP contribution is 2.13. The Balaban J connectivity index is 2.52. The monoisotopic (exact) mass is 166 g/mol. The van der Waals surface area contributed by atoms with Crippen LogP contribution in [-0.2, 0) is 6.42 Å². The molecule has 0 saturated heterocycles. The Kier molecular flexibility index (Phi) is 3.20. The van der Waals surface area contributed by atoms with E-state index in [1.165, 1.54) is 30.6 Å². The van der Waals surface area contributed by atoms with Crippen molar-refractivity contribution < 1.29 is 0 Å². The van der Waals surface area contributed by atoms with E-state index in [0.29, 0.717) is 0 Å². The molecule has 0 atom stereocenters. The Morgan fingerprint density at radius 3 is 2.67 bits per heavy atom. The molecule has 1 aromatic heterocycles. The van der Waals surface area contributed by atoms with Crippen LogP contribution in [0.15, 0.2) is 12.3 Å². The Morgan fingerprint density at radius 1 is 1.42 bits per heavy atom. The van der Waals surface area contributed by atoms with Gasteiger partial charge < -0.3 is 9.88 Å². The molecule has 0 saturated carbocycles. The molecule has 0 unspecified atom stereocenters. The summed E-state index contributed by atoms with van der Waals surface area (Å²) in [6.45, 7) is 2.22. The Hall–Kier alpha value is -0.920. The third kappa shape index (κ3) is 2.29. The lowest BCUT2D eigenvalue weighted by Crippen LogP contribution is -2.06. The molecule has 12 heavy (non-hydrogen) atoms. The van der Waals surface area contributed by atoms with Gasteiger partial charge in [-0.1, -0.05) is 13.3 Å². The summed E-state index contributed by atoms with van der Waals surface area (Å²) in [7, 11) is 4.12. The van der Waals surface area contributed by atoms with Gasteiger partial charge in [0.1, 0.15) is 0 Å². The van der Waals surface area contributed by atoms with Crippen LogP contribution in [-0.4, -0.2) is 19.1 Å². The average molecular weight is 166 g/mol. The largest absolute Gasteiger partial charge is 0.376 e. The molecule has 2 nitrogen and oxygen atoms in total. The molecule has 0 radical (unpaired) electrons. The number of H-pyrrole nitrogens is 1. The summed E-state index contributed by atoms with van der Waals surface area (Å²) >= 11 is 0. The number of nitrogens with one attached hydrogen (secondary N) is 1. The van der Waals surface area contributed by atoms with Gasteiger partial charge >= 0.3 is 0 Å². The summed E-state index contributed by atoms with van der Waals surface area (Å²) in [4.78, 5) is 5.40. The average Bonchev–Trinajstić information content (AvgIpc) is 2.48. The van der Waals surface area contributed by atoms with E-state index in [4.69, 9.17) is 0 Å². The minimum Gasteiger partial charge on any atom is -0.376 e. The molecule has 1 heterocycles. The highest BCUT2D eigenvalue weighted by molar-refractivity contribution is 5.44. The van der Waals surface area contributed by atoms with Crippen molar-refractivity contribution in [2.75, 3.05) is 19.0 Å². The zero-order valence-corrected chi connectivity index (χ0v) is 8.22. The summed E-state index contributed by atoms with van der Waals surface area (Å²) in [5, 5.41) is 0. The minimum absolute atomic E-state index is 1.17. The third-order valence-electron chi connectivity index (χ3n) is 2.04. The fraction of sp³-hybridized carbons (Fsp3) is 0.600. The molecular weight excluding hydrogens is 148 g/mol. The van der Waals surface area contributed by atoms with E-state index in [9.17, 15) is 0 Å². The second-order valence-corrected chi connectivity index (χ2v) is 3.38. The molecule has 0 aromatic carbocycles. The van der Waals surface area contributed by atoms with Gasteiger partial charge in [-0.25, -0.2) is 0 Å². The fourth-order valence-electron chi connectivity index (χ4n) is 1.20. The van der Waals surface area contributed by atoms with Gasteiger partial charge in [0.05, 0.1) is 5.69 Å². The van der Waals surface area contributed by atoms with Crippen molar-refractivity contribution in [1.29, 1.82) is 0 Å². The lowest BCUT2D eigenvalue weighted by molar-refractivity contribution is 0.781. The second-order valence-electron chi connectivity index (χ2n) is 3.38. The first-order chi connectivity index (χ1) is 5.74. The molecule has 0 spiro atoms. The van der Waals surface area contributed by atoms with Crippen LogP contribution in [0.5, 0.6) is 0 Å². The highest BCUT2D eigenvalue weighted by Gasteiger charge is 1.99. The summed E-state index contributed by atoms with van der Waals surface area (Å²) in [5.41, 5.74) is 2.61. The zero-order chi connectivity index (χ0) is 8.97. The first-order valence-corrected chi connectivity index (χ1v) is 4.58. The van der Waals surface area contributed by atoms with Crippen LogP contribution in [0, 0.1) is 0 Å². The molecule has 1 rings (SSSR count). The lowest BCUT2D eigenvalue weighted by atomic mass is 10.2. The maximum atomic E-state index is 3.28. The number of nitrogens with zero attached hydrogens (tertiary/aromatic N) is 1. The predicted octanol–water partition coefficient (Wildman–Crippen LogP) is 2.42. The van der Waals surface area contributed by atoms with Crippen LogP contribution in [0.1, 0.15) is 25.5 Å². The van der Waals surface area contributed by atoms with Gasteiger partial charge in [0.2, 0.25) is 0 Å². The quantitative estimate of drug-likeness (QED) is 0.727. The van der Waals surface area contributed by atoms with Crippen molar-refractivity contribution in [2.24, 2.45) is 0 Å². The third-order valence-corrected chi connectivity index (χ3v) is 2.04. The number of aromatic amines is 1. The first kappa shape index (κ1) is 9.17. The molecule has 0 bridgehead atoms.